The second-order valence-electron chi connectivity index (χ2n) is 12.5. The number of fused-ring (bicyclic) bond motifs is 1. The highest BCUT2D eigenvalue weighted by molar-refractivity contribution is 8.13. The van der Waals surface area contributed by atoms with Crippen LogP contribution in [0.5, 0.6) is 0 Å². The number of amides is 2. The van der Waals surface area contributed by atoms with Gasteiger partial charge in [0.05, 0.1) is 27.4 Å². The Labute approximate surface area is 327 Å². The largest absolute Gasteiger partial charge is 0.790 e. The van der Waals surface area contributed by atoms with Crippen molar-refractivity contribution in [1.82, 2.24) is 30.2 Å². The van der Waals surface area contributed by atoms with Crippen LogP contribution in [-0.2, 0) is 55.5 Å². The molecule has 57 heavy (non-hydrogen) atoms. The number of ether oxygens (including phenoxy) is 1. The second kappa shape index (κ2) is 20.6. The maximum atomic E-state index is 12.5. The third kappa shape index (κ3) is 15.5. The van der Waals surface area contributed by atoms with Crippen LogP contribution in [0.1, 0.15) is 39.3 Å². The fourth-order valence-corrected chi connectivity index (χ4v) is 8.07. The maximum Gasteiger partial charge on any atom is 0.274 e. The minimum Gasteiger partial charge on any atom is -0.790 e. The number of nitrogens with two attached hydrogens (primary N) is 1. The second-order valence-corrected chi connectivity index (χ2v) is 17.7. The Morgan fingerprint density at radius 2 is 1.72 bits per heavy atom. The molecule has 1 aliphatic rings. The van der Waals surface area contributed by atoms with Crippen LogP contribution in [0.15, 0.2) is 24.8 Å². The number of thioether (sulfide) groups is 1. The number of aliphatic carboxylic acids is 1. The number of carboxylic acid groups (broad SMARTS) is 1. The molecule has 1 fully saturated rings. The zero-order valence-corrected chi connectivity index (χ0v) is 33.3. The minimum atomic E-state index is -5.93. The Bertz CT molecular complexity index is 1930. The van der Waals surface area contributed by atoms with E-state index < -0.39 is 90.5 Å². The van der Waals surface area contributed by atoms with E-state index in [1.807, 2.05) is 0 Å². The fourth-order valence-electron chi connectivity index (χ4n) is 4.69. The van der Waals surface area contributed by atoms with Crippen molar-refractivity contribution in [1.29, 1.82) is 0 Å². The molecule has 0 aromatic carbocycles. The van der Waals surface area contributed by atoms with Crippen LogP contribution in [0.25, 0.3) is 11.2 Å². The van der Waals surface area contributed by atoms with Crippen molar-refractivity contribution < 1.29 is 90.4 Å². The van der Waals surface area contributed by atoms with E-state index in [4.69, 9.17) is 10.5 Å². The number of allylic oxidation sites excluding steroid dienone is 1. The molecule has 1 aliphatic heterocycles. The number of hydrogen-bond acceptors (Lipinski definition) is 24. The molecule has 26 nitrogen and oxygen atoms in total. The molecule has 3 heterocycles. The summed E-state index contributed by atoms with van der Waals surface area (Å²) in [7, 11) is -17.6. The Kier molecular flexibility index (Phi) is 17.4. The first-order valence-corrected chi connectivity index (χ1v) is 21.6. The molecule has 2 aromatic heterocycles. The van der Waals surface area contributed by atoms with E-state index in [1.54, 1.807) is 0 Å². The lowest BCUT2D eigenvalue weighted by molar-refractivity contribution is -0.347. The first kappa shape index (κ1) is 48.1. The fraction of sp³-hybridized carbons (Fsp3) is 0.593. The molecule has 6 N–H and O–H groups in total. The lowest BCUT2D eigenvalue weighted by atomic mass is 9.87. The maximum absolute atomic E-state index is 12.5. The predicted octanol–water partition coefficient (Wildman–Crippen LogP) is -4.78. The molecule has 30 heteroatoms. The van der Waals surface area contributed by atoms with Gasteiger partial charge >= 0.3 is 0 Å². The number of anilines is 1. The first-order chi connectivity index (χ1) is 26.4. The average molecular weight is 889 g/mol. The Morgan fingerprint density at radius 1 is 1.05 bits per heavy atom. The van der Waals surface area contributed by atoms with Crippen LogP contribution in [0.4, 0.5) is 5.82 Å². The van der Waals surface area contributed by atoms with Crippen molar-refractivity contribution in [2.24, 2.45) is 5.41 Å². The highest BCUT2D eigenvalue weighted by Crippen LogP contribution is 2.56. The Hall–Kier alpha value is -3.23. The topological polar surface area (TPSA) is 415 Å². The van der Waals surface area contributed by atoms with Gasteiger partial charge in [0.1, 0.15) is 36.3 Å². The highest BCUT2D eigenvalue weighted by Gasteiger charge is 2.47. The zero-order chi connectivity index (χ0) is 42.8. The third-order valence-electron chi connectivity index (χ3n) is 7.48. The molecule has 2 unspecified atom stereocenters. The quantitative estimate of drug-likeness (QED) is 0.0397. The summed E-state index contributed by atoms with van der Waals surface area (Å²) < 4.78 is 60.3. The highest BCUT2D eigenvalue weighted by atomic mass is 32.2. The molecule has 0 saturated carbocycles. The normalized spacial score (nSPS) is 21.5. The van der Waals surface area contributed by atoms with E-state index in [9.17, 15) is 67.8 Å². The molecule has 0 aliphatic carbocycles. The molecule has 2 amide bonds. The van der Waals surface area contributed by atoms with Crippen LogP contribution in [0, 0.1) is 5.41 Å². The third-order valence-corrected chi connectivity index (χ3v) is 11.4. The van der Waals surface area contributed by atoms with Crippen molar-refractivity contribution in [3.8, 4) is 0 Å². The molecule has 7 atom stereocenters. The summed E-state index contributed by atoms with van der Waals surface area (Å²) >= 11 is 0.903. The van der Waals surface area contributed by atoms with E-state index in [0.717, 1.165) is 29.0 Å². The molecular formula is C27H37N7O19P3S-5. The van der Waals surface area contributed by atoms with E-state index in [2.05, 4.69) is 43.5 Å². The summed E-state index contributed by atoms with van der Waals surface area (Å²) in [6.45, 7) is -0.154. The average Bonchev–Trinajstić information content (AvgIpc) is 3.66. The first-order valence-electron chi connectivity index (χ1n) is 16.2. The summed E-state index contributed by atoms with van der Waals surface area (Å²) in [5.41, 5.74) is 4.01. The van der Waals surface area contributed by atoms with Crippen LogP contribution in [0.2, 0.25) is 0 Å². The van der Waals surface area contributed by atoms with Crippen molar-refractivity contribution >= 4 is 75.1 Å². The molecule has 3 rings (SSSR count). The van der Waals surface area contributed by atoms with Gasteiger partial charge in [-0.2, -0.15) is 0 Å². The van der Waals surface area contributed by atoms with Gasteiger partial charge in [-0.15, -0.1) is 0 Å². The number of aliphatic hydroxyl groups is 2. The number of aromatic nitrogens is 4. The molecule has 0 radical (unpaired) electrons. The standard InChI is InChI=1S/C27H42N7O19P3S/c1-27(2,22(40)25(41)30-8-7-16(35)29-9-10-57-18(38)6-4-3-5-17(36)37)12-50-56(47,48)53-55(45,46)49-11-15-21(52-54(42,43)44)20(39)26(51-15)34-14-33-19-23(28)31-13-32-24(19)34/h3-4,13-15,20-22,26,39-40H,5-12H2,1-2H3,(H,29,35)(H,30,41)(H,36,37)(H,45,46)(H,47,48)(H2,28,31,32)(H2,42,43,44)/p-5/b4-3-/t15-,20-,21-,22+,26-/m1/s1. The minimum absolute atomic E-state index is 0.0156. The number of phosphoric acid groups is 3. The monoisotopic (exact) mass is 888 g/mol. The van der Waals surface area contributed by atoms with Gasteiger partial charge in [0.15, 0.2) is 22.8 Å². The van der Waals surface area contributed by atoms with E-state index in [1.165, 1.54) is 26.0 Å². The van der Waals surface area contributed by atoms with Crippen molar-refractivity contribution in [3.63, 3.8) is 0 Å². The van der Waals surface area contributed by atoms with E-state index in [0.29, 0.717) is 0 Å². The van der Waals surface area contributed by atoms with Crippen LogP contribution < -0.4 is 41.0 Å². The van der Waals surface area contributed by atoms with Gasteiger partial charge in [-0.25, -0.2) is 19.3 Å². The van der Waals surface area contributed by atoms with Gasteiger partial charge in [0, 0.05) is 49.5 Å². The zero-order valence-electron chi connectivity index (χ0n) is 29.8. The number of carbonyl (C=O) groups excluding carboxylic acids is 4. The molecule has 2 aromatic rings. The lowest BCUT2D eigenvalue weighted by Crippen LogP contribution is -2.46. The summed E-state index contributed by atoms with van der Waals surface area (Å²) in [5.74, 6) is -2.74. The number of carboxylic acids is 1. The number of phosphoric ester groups is 3. The summed E-state index contributed by atoms with van der Waals surface area (Å²) in [6, 6.07) is 0. The summed E-state index contributed by atoms with van der Waals surface area (Å²) in [5, 5.41) is 36.1. The number of nitrogens with zero attached hydrogens (tertiary/aromatic N) is 4. The van der Waals surface area contributed by atoms with Crippen LogP contribution >= 0.6 is 35.2 Å². The van der Waals surface area contributed by atoms with Gasteiger partial charge in [-0.3, -0.25) is 28.1 Å². The van der Waals surface area contributed by atoms with Gasteiger partial charge in [-0.05, 0) is 0 Å². The number of imidazole rings is 1. The Morgan fingerprint density at radius 3 is 2.39 bits per heavy atom. The van der Waals surface area contributed by atoms with Crippen molar-refractivity contribution in [2.75, 3.05) is 37.8 Å². The SMILES string of the molecule is CC(C)(COP(=O)([O-])OP(=O)([O-])OC[C@H]1O[C@@H](n2cnc3c(N)ncnc32)[C@H](O)[C@@H]1OP(=O)([O-])[O-])[C@@H](O)C(=O)NCCC(=O)NCCSC(=O)C/C=C\CC(=O)[O-]. The predicted molar refractivity (Wildman–Crippen MR) is 182 cm³/mol. The molecule has 0 bridgehead atoms. The summed E-state index contributed by atoms with van der Waals surface area (Å²) in [6.07, 6.45) is -5.44. The number of rotatable bonds is 23. The molecule has 320 valence electrons. The molecular weight excluding hydrogens is 851 g/mol. The lowest BCUT2D eigenvalue weighted by Gasteiger charge is -2.36. The number of nitrogen functional groups attached to an aromatic ring is 1. The molecule has 1 saturated heterocycles. The van der Waals surface area contributed by atoms with E-state index >= 15 is 0 Å². The van der Waals surface area contributed by atoms with Crippen molar-refractivity contribution in [3.05, 3.63) is 24.8 Å². The smallest absolute Gasteiger partial charge is 0.274 e. The van der Waals surface area contributed by atoms with Crippen LogP contribution in [0.3, 0.4) is 0 Å². The number of aliphatic hydroxyl groups excluding tert-OH is 2. The van der Waals surface area contributed by atoms with Gasteiger partial charge in [0.2, 0.25) is 11.8 Å². The van der Waals surface area contributed by atoms with Crippen LogP contribution in [-0.4, -0.2) is 109 Å². The number of nitrogens with one attached hydrogen (secondary N) is 2. The van der Waals surface area contributed by atoms with Gasteiger partial charge in [0.25, 0.3) is 15.6 Å². The van der Waals surface area contributed by atoms with Gasteiger partial charge in [-0.1, -0.05) is 37.8 Å². The molecule has 0 spiro atoms. The Balaban J connectivity index is 1.46. The number of carbonyl (C=O) groups is 4. The number of hydrogen-bond donors (Lipinski definition) is 5. The van der Waals surface area contributed by atoms with Crippen molar-refractivity contribution in [2.45, 2.75) is 63.8 Å². The summed E-state index contributed by atoms with van der Waals surface area (Å²) in [4.78, 5) is 106. The van der Waals surface area contributed by atoms with E-state index in [-0.39, 0.29) is 60.2 Å². The van der Waals surface area contributed by atoms with Gasteiger partial charge < -0.3 is 78.9 Å².